The van der Waals surface area contributed by atoms with Gasteiger partial charge in [-0.05, 0) is 57.3 Å². The van der Waals surface area contributed by atoms with Crippen molar-refractivity contribution in [1.29, 1.82) is 0 Å². The quantitative estimate of drug-likeness (QED) is 0.0933. The van der Waals surface area contributed by atoms with Gasteiger partial charge in [-0.1, -0.05) is 177 Å². The van der Waals surface area contributed by atoms with Crippen LogP contribution >= 0.6 is 11.8 Å². The van der Waals surface area contributed by atoms with Gasteiger partial charge in [0.2, 0.25) is 0 Å². The minimum atomic E-state index is -0.369. The first-order valence-corrected chi connectivity index (χ1v) is 20.1. The van der Waals surface area contributed by atoms with Crippen molar-refractivity contribution < 1.29 is 18.9 Å². The lowest BCUT2D eigenvalue weighted by Gasteiger charge is -2.46. The van der Waals surface area contributed by atoms with Gasteiger partial charge in [-0.2, -0.15) is 0 Å². The van der Waals surface area contributed by atoms with Gasteiger partial charge in [0, 0.05) is 0 Å². The Morgan fingerprint density at radius 1 is 0.407 bits per heavy atom. The molecule has 54 heavy (non-hydrogen) atoms. The SMILES string of the molecule is CCc1ccc(Cc2ccc([C@@H]3S[C@H](COCc4ccccc4)[C@@H](OCc4ccccc4)[C@H](OCc4ccccc4)[C@H]3OCc3ccccc3)cc2)cc1. The van der Waals surface area contributed by atoms with E-state index in [2.05, 4.69) is 153 Å². The van der Waals surface area contributed by atoms with Crippen LogP contribution in [0.3, 0.4) is 0 Å². The van der Waals surface area contributed by atoms with Crippen molar-refractivity contribution in [2.45, 2.75) is 75.0 Å². The van der Waals surface area contributed by atoms with E-state index in [1.54, 1.807) is 0 Å². The summed E-state index contributed by atoms with van der Waals surface area (Å²) in [6, 6.07) is 59.7. The van der Waals surface area contributed by atoms with Gasteiger partial charge in [-0.15, -0.1) is 11.8 Å². The summed E-state index contributed by atoms with van der Waals surface area (Å²) in [4.78, 5) is 0. The van der Waals surface area contributed by atoms with Crippen LogP contribution in [0.2, 0.25) is 0 Å². The van der Waals surface area contributed by atoms with Crippen LogP contribution in [0, 0.1) is 0 Å². The topological polar surface area (TPSA) is 36.9 Å². The van der Waals surface area contributed by atoms with Crippen LogP contribution < -0.4 is 0 Å². The van der Waals surface area contributed by atoms with Crippen molar-refractivity contribution in [3.63, 3.8) is 0 Å². The summed E-state index contributed by atoms with van der Waals surface area (Å²) in [5, 5.41) is -0.0363. The average Bonchev–Trinajstić information content (AvgIpc) is 3.24. The highest BCUT2D eigenvalue weighted by molar-refractivity contribution is 8.00. The fourth-order valence-corrected chi connectivity index (χ4v) is 8.65. The van der Waals surface area contributed by atoms with E-state index in [0.29, 0.717) is 33.0 Å². The lowest BCUT2D eigenvalue weighted by Crippen LogP contribution is -2.54. The van der Waals surface area contributed by atoms with Crippen LogP contribution in [0.4, 0.5) is 0 Å². The summed E-state index contributed by atoms with van der Waals surface area (Å²) in [6.45, 7) is 4.63. The maximum Gasteiger partial charge on any atom is 0.113 e. The summed E-state index contributed by atoms with van der Waals surface area (Å²) in [5.41, 5.74) is 9.70. The molecule has 0 amide bonds. The molecule has 6 aromatic rings. The minimum Gasteiger partial charge on any atom is -0.376 e. The summed E-state index contributed by atoms with van der Waals surface area (Å²) < 4.78 is 27.5. The molecule has 0 radical (unpaired) electrons. The van der Waals surface area contributed by atoms with Gasteiger partial charge in [0.1, 0.15) is 18.3 Å². The first-order valence-electron chi connectivity index (χ1n) is 19.1. The molecule has 0 saturated carbocycles. The highest BCUT2D eigenvalue weighted by Gasteiger charge is 2.48. The monoisotopic (exact) mass is 734 g/mol. The predicted octanol–water partition coefficient (Wildman–Crippen LogP) is 11.0. The maximum atomic E-state index is 7.02. The minimum absolute atomic E-state index is 0.0171. The van der Waals surface area contributed by atoms with Crippen LogP contribution in [-0.4, -0.2) is 30.2 Å². The van der Waals surface area contributed by atoms with Crippen LogP contribution in [0.5, 0.6) is 0 Å². The van der Waals surface area contributed by atoms with Crippen molar-refractivity contribution in [3.05, 3.63) is 214 Å². The van der Waals surface area contributed by atoms with E-state index in [4.69, 9.17) is 18.9 Å². The summed E-state index contributed by atoms with van der Waals surface area (Å²) in [6.07, 6.45) is 0.985. The molecule has 1 saturated heterocycles. The first-order chi connectivity index (χ1) is 26.7. The number of thioether (sulfide) groups is 1. The van der Waals surface area contributed by atoms with E-state index < -0.39 is 0 Å². The molecular weight excluding hydrogens is 685 g/mol. The van der Waals surface area contributed by atoms with Crippen LogP contribution in [0.15, 0.2) is 170 Å². The first kappa shape index (κ1) is 37.8. The van der Waals surface area contributed by atoms with Gasteiger partial charge in [0.05, 0.1) is 43.5 Å². The molecular formula is C49H50O4S. The third kappa shape index (κ3) is 10.6. The van der Waals surface area contributed by atoms with Crippen molar-refractivity contribution in [1.82, 2.24) is 0 Å². The van der Waals surface area contributed by atoms with Gasteiger partial charge < -0.3 is 18.9 Å². The van der Waals surface area contributed by atoms with Crippen molar-refractivity contribution in [2.24, 2.45) is 0 Å². The molecule has 276 valence electrons. The Hall–Kier alpha value is -4.49. The molecule has 0 aliphatic carbocycles. The Bertz CT molecular complexity index is 1940. The van der Waals surface area contributed by atoms with Crippen molar-refractivity contribution in [3.8, 4) is 0 Å². The molecule has 1 heterocycles. The smallest absolute Gasteiger partial charge is 0.113 e. The van der Waals surface area contributed by atoms with E-state index in [0.717, 1.165) is 35.1 Å². The van der Waals surface area contributed by atoms with Crippen LogP contribution in [0.25, 0.3) is 0 Å². The van der Waals surface area contributed by atoms with Gasteiger partial charge >= 0.3 is 0 Å². The number of rotatable bonds is 17. The zero-order chi connectivity index (χ0) is 36.8. The molecule has 5 heteroatoms. The molecule has 7 rings (SSSR count). The zero-order valence-corrected chi connectivity index (χ0v) is 31.9. The standard InChI is InChI=1S/C49H50O4S/c1-2-37-23-25-38(26-24-37)31-39-27-29-44(30-28-39)49-48(53-35-43-21-13-6-14-22-43)47(52-34-42-19-11-5-12-20-42)46(51-33-41-17-9-4-10-18-41)45(54-49)36-50-32-40-15-7-3-8-16-40/h3-30,45-49H,2,31-36H2,1H3/t45-,46-,47+,48-,49+/m1/s1. The molecule has 6 aromatic carbocycles. The number of ether oxygens (including phenoxy) is 4. The Morgan fingerprint density at radius 2 is 0.815 bits per heavy atom. The Kier molecular flexibility index (Phi) is 13.8. The molecule has 0 aromatic heterocycles. The second-order valence-corrected chi connectivity index (χ2v) is 15.4. The van der Waals surface area contributed by atoms with Gasteiger partial charge in [0.15, 0.2) is 0 Å². The molecule has 0 spiro atoms. The molecule has 5 atom stereocenters. The number of hydrogen-bond acceptors (Lipinski definition) is 5. The van der Waals surface area contributed by atoms with Crippen molar-refractivity contribution >= 4 is 11.8 Å². The lowest BCUT2D eigenvalue weighted by atomic mass is 9.94. The largest absolute Gasteiger partial charge is 0.376 e. The maximum absolute atomic E-state index is 7.02. The molecule has 1 aliphatic heterocycles. The molecule has 1 aliphatic rings. The van der Waals surface area contributed by atoms with Crippen LogP contribution in [0.1, 0.15) is 56.7 Å². The normalized spacial score (nSPS) is 19.8. The molecule has 0 N–H and O–H groups in total. The van der Waals surface area contributed by atoms with Gasteiger partial charge in [-0.3, -0.25) is 0 Å². The fourth-order valence-electron chi connectivity index (χ4n) is 7.01. The van der Waals surface area contributed by atoms with E-state index in [9.17, 15) is 0 Å². The average molecular weight is 735 g/mol. The third-order valence-electron chi connectivity index (χ3n) is 10.0. The van der Waals surface area contributed by atoms with Gasteiger partial charge in [0.25, 0.3) is 0 Å². The van der Waals surface area contributed by atoms with E-state index in [1.807, 2.05) is 36.0 Å². The van der Waals surface area contributed by atoms with E-state index in [1.165, 1.54) is 22.3 Å². The summed E-state index contributed by atoms with van der Waals surface area (Å²) in [7, 11) is 0. The lowest BCUT2D eigenvalue weighted by molar-refractivity contribution is -0.160. The Morgan fingerprint density at radius 3 is 1.30 bits per heavy atom. The third-order valence-corrected chi connectivity index (χ3v) is 11.6. The fraction of sp³-hybridized carbons (Fsp3) is 0.265. The highest BCUT2D eigenvalue weighted by atomic mass is 32.2. The number of hydrogen-bond donors (Lipinski definition) is 0. The molecule has 4 nitrogen and oxygen atoms in total. The number of aryl methyl sites for hydroxylation is 1. The molecule has 0 unspecified atom stereocenters. The van der Waals surface area contributed by atoms with E-state index >= 15 is 0 Å². The van der Waals surface area contributed by atoms with Crippen molar-refractivity contribution in [2.75, 3.05) is 6.61 Å². The number of benzene rings is 6. The highest BCUT2D eigenvalue weighted by Crippen LogP contribution is 2.47. The Balaban J connectivity index is 1.21. The molecule has 1 fully saturated rings. The van der Waals surface area contributed by atoms with E-state index in [-0.39, 0.29) is 28.8 Å². The predicted molar refractivity (Wildman–Crippen MR) is 220 cm³/mol. The zero-order valence-electron chi connectivity index (χ0n) is 31.0. The van der Waals surface area contributed by atoms with Gasteiger partial charge in [-0.25, -0.2) is 0 Å². The Labute approximate surface area is 325 Å². The summed E-state index contributed by atoms with van der Waals surface area (Å²) >= 11 is 1.89. The summed E-state index contributed by atoms with van der Waals surface area (Å²) in [5.74, 6) is 0. The molecule has 0 bridgehead atoms. The van der Waals surface area contributed by atoms with Crippen LogP contribution in [-0.2, 0) is 58.2 Å². The second-order valence-electron chi connectivity index (χ2n) is 14.0. The second kappa shape index (κ2) is 19.7.